The lowest BCUT2D eigenvalue weighted by Crippen LogP contribution is -2.39. The highest BCUT2D eigenvalue weighted by Gasteiger charge is 2.30. The quantitative estimate of drug-likeness (QED) is 0.861. The molecule has 2 aromatic rings. The van der Waals surface area contributed by atoms with E-state index in [1.54, 1.807) is 11.6 Å². The second-order valence-corrected chi connectivity index (χ2v) is 6.23. The number of benzene rings is 1. The van der Waals surface area contributed by atoms with Crippen LogP contribution in [0.25, 0.3) is 0 Å². The highest BCUT2D eigenvalue weighted by molar-refractivity contribution is 5.27. The van der Waals surface area contributed by atoms with Crippen molar-refractivity contribution in [2.24, 2.45) is 7.05 Å². The van der Waals surface area contributed by atoms with Crippen LogP contribution in [0.15, 0.2) is 29.1 Å². The topological polar surface area (TPSA) is 43.1 Å². The SMILES string of the molecule is C[C@@H](CN1CCn2c(nn(C)c2=O)C1)c1ccc(C(F)(F)F)cc1. The monoisotopic (exact) mass is 340 g/mol. The van der Waals surface area contributed by atoms with Crippen LogP contribution >= 0.6 is 0 Å². The van der Waals surface area contributed by atoms with Crippen molar-refractivity contribution >= 4 is 0 Å². The average molecular weight is 340 g/mol. The summed E-state index contributed by atoms with van der Waals surface area (Å²) in [6, 6.07) is 5.32. The van der Waals surface area contributed by atoms with Crippen molar-refractivity contribution in [3.05, 3.63) is 51.7 Å². The summed E-state index contributed by atoms with van der Waals surface area (Å²) in [6.45, 7) is 4.57. The zero-order valence-corrected chi connectivity index (χ0v) is 13.5. The Bertz CT molecular complexity index is 776. The molecule has 0 spiro atoms. The van der Waals surface area contributed by atoms with Crippen molar-refractivity contribution in [2.75, 3.05) is 13.1 Å². The van der Waals surface area contributed by atoms with Gasteiger partial charge in [0.1, 0.15) is 5.82 Å². The van der Waals surface area contributed by atoms with E-state index in [9.17, 15) is 18.0 Å². The molecule has 0 fully saturated rings. The molecule has 130 valence electrons. The Balaban J connectivity index is 1.67. The maximum absolute atomic E-state index is 12.6. The summed E-state index contributed by atoms with van der Waals surface area (Å²) >= 11 is 0. The van der Waals surface area contributed by atoms with Crippen LogP contribution in [0.3, 0.4) is 0 Å². The highest BCUT2D eigenvalue weighted by atomic mass is 19.4. The van der Waals surface area contributed by atoms with Gasteiger partial charge in [-0.25, -0.2) is 9.48 Å². The first kappa shape index (κ1) is 16.8. The molecule has 5 nitrogen and oxygen atoms in total. The molecule has 0 N–H and O–H groups in total. The second kappa shape index (κ2) is 6.08. The molecule has 0 saturated heterocycles. The van der Waals surface area contributed by atoms with E-state index >= 15 is 0 Å². The number of aromatic nitrogens is 3. The van der Waals surface area contributed by atoms with Gasteiger partial charge in [0.2, 0.25) is 0 Å². The molecule has 1 aliphatic heterocycles. The molecular weight excluding hydrogens is 321 g/mol. The van der Waals surface area contributed by atoms with E-state index in [2.05, 4.69) is 10.00 Å². The predicted molar refractivity (Wildman–Crippen MR) is 82.6 cm³/mol. The first-order valence-electron chi connectivity index (χ1n) is 7.78. The van der Waals surface area contributed by atoms with E-state index in [0.717, 1.165) is 30.1 Å². The molecular formula is C16H19F3N4O. The summed E-state index contributed by atoms with van der Waals surface area (Å²) < 4.78 is 40.9. The highest BCUT2D eigenvalue weighted by Crippen LogP contribution is 2.30. The number of rotatable bonds is 3. The Hall–Kier alpha value is -2.09. The summed E-state index contributed by atoms with van der Waals surface area (Å²) in [5.74, 6) is 0.822. The first-order chi connectivity index (χ1) is 11.3. The molecule has 1 atom stereocenters. The molecule has 0 radical (unpaired) electrons. The van der Waals surface area contributed by atoms with Gasteiger partial charge in [-0.2, -0.15) is 18.3 Å². The summed E-state index contributed by atoms with van der Waals surface area (Å²) in [7, 11) is 1.63. The van der Waals surface area contributed by atoms with Gasteiger partial charge >= 0.3 is 11.9 Å². The van der Waals surface area contributed by atoms with Crippen LogP contribution in [0, 0.1) is 0 Å². The van der Waals surface area contributed by atoms with Crippen molar-refractivity contribution in [1.82, 2.24) is 19.2 Å². The fourth-order valence-electron chi connectivity index (χ4n) is 3.07. The molecule has 0 aliphatic carbocycles. The third-order valence-corrected chi connectivity index (χ3v) is 4.43. The Morgan fingerprint density at radius 3 is 2.50 bits per heavy atom. The minimum absolute atomic E-state index is 0.0919. The van der Waals surface area contributed by atoms with Gasteiger partial charge in [0.25, 0.3) is 0 Å². The van der Waals surface area contributed by atoms with Crippen molar-refractivity contribution in [3.8, 4) is 0 Å². The molecule has 0 unspecified atom stereocenters. The molecule has 0 amide bonds. The van der Waals surface area contributed by atoms with E-state index < -0.39 is 11.7 Å². The van der Waals surface area contributed by atoms with E-state index in [0.29, 0.717) is 19.6 Å². The fraction of sp³-hybridized carbons (Fsp3) is 0.500. The van der Waals surface area contributed by atoms with Gasteiger partial charge in [0, 0.05) is 26.7 Å². The number of alkyl halides is 3. The molecule has 24 heavy (non-hydrogen) atoms. The molecule has 1 aromatic carbocycles. The number of nitrogens with zero attached hydrogens (tertiary/aromatic N) is 4. The lowest BCUT2D eigenvalue weighted by Gasteiger charge is -2.29. The van der Waals surface area contributed by atoms with Crippen molar-refractivity contribution in [2.45, 2.75) is 32.1 Å². The van der Waals surface area contributed by atoms with Crippen LogP contribution in [0.1, 0.15) is 29.8 Å². The van der Waals surface area contributed by atoms with Crippen LogP contribution in [-0.2, 0) is 26.3 Å². The van der Waals surface area contributed by atoms with Gasteiger partial charge in [-0.1, -0.05) is 19.1 Å². The van der Waals surface area contributed by atoms with Gasteiger partial charge in [0.15, 0.2) is 0 Å². The third kappa shape index (κ3) is 3.24. The van der Waals surface area contributed by atoms with Gasteiger partial charge in [-0.15, -0.1) is 0 Å². The maximum atomic E-state index is 12.6. The number of hydrogen-bond acceptors (Lipinski definition) is 3. The Morgan fingerprint density at radius 2 is 1.88 bits per heavy atom. The lowest BCUT2D eigenvalue weighted by molar-refractivity contribution is -0.137. The molecule has 8 heteroatoms. The normalized spacial score (nSPS) is 16.9. The summed E-state index contributed by atoms with van der Waals surface area (Å²) in [5.41, 5.74) is 0.126. The molecule has 2 heterocycles. The average Bonchev–Trinajstić information content (AvgIpc) is 2.81. The van der Waals surface area contributed by atoms with E-state index in [-0.39, 0.29) is 11.6 Å². The van der Waals surface area contributed by atoms with Crippen LogP contribution in [0.5, 0.6) is 0 Å². The Labute approximate surface area is 137 Å². The molecule has 1 aromatic heterocycles. The Kier molecular flexibility index (Phi) is 4.25. The second-order valence-electron chi connectivity index (χ2n) is 6.23. The van der Waals surface area contributed by atoms with Gasteiger partial charge in [0.05, 0.1) is 12.1 Å². The van der Waals surface area contributed by atoms with Crippen molar-refractivity contribution in [1.29, 1.82) is 0 Å². The number of halogens is 3. The van der Waals surface area contributed by atoms with Gasteiger partial charge in [-0.05, 0) is 23.6 Å². The number of hydrogen-bond donors (Lipinski definition) is 0. The van der Waals surface area contributed by atoms with Crippen LogP contribution in [0.2, 0.25) is 0 Å². The minimum Gasteiger partial charge on any atom is -0.294 e. The minimum atomic E-state index is -4.31. The molecule has 3 rings (SSSR count). The number of fused-ring (bicyclic) bond motifs is 1. The zero-order chi connectivity index (χ0) is 17.5. The van der Waals surface area contributed by atoms with E-state index in [4.69, 9.17) is 0 Å². The van der Waals surface area contributed by atoms with Crippen LogP contribution in [0.4, 0.5) is 13.2 Å². The smallest absolute Gasteiger partial charge is 0.294 e. The molecule has 0 bridgehead atoms. The predicted octanol–water partition coefficient (Wildman–Crippen LogP) is 2.22. The van der Waals surface area contributed by atoms with Crippen LogP contribution in [-0.4, -0.2) is 32.3 Å². The molecule has 1 aliphatic rings. The van der Waals surface area contributed by atoms with Gasteiger partial charge in [-0.3, -0.25) is 9.47 Å². The summed E-state index contributed by atoms with van der Waals surface area (Å²) in [5, 5.41) is 4.22. The van der Waals surface area contributed by atoms with Crippen molar-refractivity contribution < 1.29 is 13.2 Å². The number of aryl methyl sites for hydroxylation is 1. The maximum Gasteiger partial charge on any atom is 0.416 e. The zero-order valence-electron chi connectivity index (χ0n) is 13.5. The third-order valence-electron chi connectivity index (χ3n) is 4.43. The first-order valence-corrected chi connectivity index (χ1v) is 7.78. The van der Waals surface area contributed by atoms with E-state index in [1.807, 2.05) is 6.92 Å². The Morgan fingerprint density at radius 1 is 1.21 bits per heavy atom. The fourth-order valence-corrected chi connectivity index (χ4v) is 3.07. The van der Waals surface area contributed by atoms with Crippen LogP contribution < -0.4 is 5.69 Å². The standard InChI is InChI=1S/C16H19F3N4O/c1-11(12-3-5-13(6-4-12)16(17,18)19)9-22-7-8-23-14(10-22)20-21(2)15(23)24/h3-6,11H,7-10H2,1-2H3/t11-/m0/s1. The summed E-state index contributed by atoms with van der Waals surface area (Å²) in [6.07, 6.45) is -4.31. The van der Waals surface area contributed by atoms with E-state index in [1.165, 1.54) is 16.8 Å². The lowest BCUT2D eigenvalue weighted by atomic mass is 9.99. The van der Waals surface area contributed by atoms with Crippen molar-refractivity contribution in [3.63, 3.8) is 0 Å². The largest absolute Gasteiger partial charge is 0.416 e. The molecule has 0 saturated carbocycles. The van der Waals surface area contributed by atoms with Gasteiger partial charge < -0.3 is 0 Å². The summed E-state index contributed by atoms with van der Waals surface area (Å²) in [4.78, 5) is 14.0.